The van der Waals surface area contributed by atoms with Gasteiger partial charge in [0.1, 0.15) is 0 Å². The van der Waals surface area contributed by atoms with Crippen molar-refractivity contribution in [2.24, 2.45) is 5.10 Å². The maximum atomic E-state index is 11.4. The van der Waals surface area contributed by atoms with E-state index >= 15 is 0 Å². The third-order valence-corrected chi connectivity index (χ3v) is 3.32. The minimum Gasteiger partial charge on any atom is -0.493 e. The van der Waals surface area contributed by atoms with E-state index in [1.807, 2.05) is 0 Å². The van der Waals surface area contributed by atoms with Crippen molar-refractivity contribution in [3.63, 3.8) is 0 Å². The molecule has 0 amide bonds. The third-order valence-electron chi connectivity index (χ3n) is 3.32. The first-order valence-electron chi connectivity index (χ1n) is 8.03. The molecule has 27 heavy (non-hydrogen) atoms. The van der Waals surface area contributed by atoms with Gasteiger partial charge in [0.05, 0.1) is 30.5 Å². The van der Waals surface area contributed by atoms with Crippen molar-refractivity contribution in [3.05, 3.63) is 58.1 Å². The van der Waals surface area contributed by atoms with Crippen LogP contribution in [0.25, 0.3) is 0 Å². The fourth-order valence-electron chi connectivity index (χ4n) is 2.06. The van der Waals surface area contributed by atoms with Crippen LogP contribution in [0.15, 0.2) is 47.6 Å². The zero-order valence-electron chi connectivity index (χ0n) is 14.9. The normalized spacial score (nSPS) is 10.4. The van der Waals surface area contributed by atoms with Crippen LogP contribution in [0, 0.1) is 10.1 Å². The minimum absolute atomic E-state index is 0.00710. The Bertz CT molecular complexity index is 820. The summed E-state index contributed by atoms with van der Waals surface area (Å²) in [7, 11) is 1.49. The molecule has 142 valence electrons. The highest BCUT2D eigenvalue weighted by atomic mass is 16.6. The van der Waals surface area contributed by atoms with Gasteiger partial charge < -0.3 is 14.2 Å². The lowest BCUT2D eigenvalue weighted by Crippen LogP contribution is -2.14. The Kier molecular flexibility index (Phi) is 7.12. The van der Waals surface area contributed by atoms with Crippen LogP contribution in [-0.4, -0.2) is 37.4 Å². The van der Waals surface area contributed by atoms with Crippen LogP contribution in [0.2, 0.25) is 0 Å². The van der Waals surface area contributed by atoms with Gasteiger partial charge in [-0.1, -0.05) is 0 Å². The summed E-state index contributed by atoms with van der Waals surface area (Å²) in [6.07, 6.45) is 1.55. The van der Waals surface area contributed by atoms with Gasteiger partial charge in [0.25, 0.3) is 5.69 Å². The molecule has 2 rings (SSSR count). The third kappa shape index (κ3) is 5.99. The lowest BCUT2D eigenvalue weighted by molar-refractivity contribution is -0.384. The Morgan fingerprint density at radius 1 is 1.22 bits per heavy atom. The van der Waals surface area contributed by atoms with Gasteiger partial charge in [0.2, 0.25) is 0 Å². The maximum Gasteiger partial charge on any atom is 0.344 e. The molecule has 1 N–H and O–H groups in total. The Morgan fingerprint density at radius 3 is 2.59 bits per heavy atom. The number of ether oxygens (including phenoxy) is 3. The number of non-ortho nitro benzene ring substituents is 1. The molecule has 0 atom stereocenters. The number of methoxy groups -OCH3 is 1. The number of nitrogens with zero attached hydrogens (tertiary/aromatic N) is 2. The standard InChI is InChI=1S/C18H19N3O6/c1-3-26-18(22)12-27-16-9-4-13(10-17(16)25-2)11-19-20-14-5-7-15(8-6-14)21(23)24/h4-11,20H,3,12H2,1-2H3/b19-11-. The molecule has 2 aromatic carbocycles. The summed E-state index contributed by atoms with van der Waals surface area (Å²) in [5.41, 5.74) is 4.12. The fraction of sp³-hybridized carbons (Fsp3) is 0.222. The number of anilines is 1. The van der Waals surface area contributed by atoms with E-state index in [9.17, 15) is 14.9 Å². The van der Waals surface area contributed by atoms with Crippen LogP contribution < -0.4 is 14.9 Å². The van der Waals surface area contributed by atoms with E-state index in [1.54, 1.807) is 43.5 Å². The number of hydrazone groups is 1. The van der Waals surface area contributed by atoms with Gasteiger partial charge in [-0.15, -0.1) is 0 Å². The topological polar surface area (TPSA) is 112 Å². The van der Waals surface area contributed by atoms with Crippen LogP contribution in [0.4, 0.5) is 11.4 Å². The molecule has 9 nitrogen and oxygen atoms in total. The highest BCUT2D eigenvalue weighted by molar-refractivity contribution is 5.81. The van der Waals surface area contributed by atoms with Gasteiger partial charge in [-0.2, -0.15) is 5.10 Å². The van der Waals surface area contributed by atoms with Crippen molar-refractivity contribution in [2.45, 2.75) is 6.92 Å². The largest absolute Gasteiger partial charge is 0.493 e. The van der Waals surface area contributed by atoms with Gasteiger partial charge in [-0.25, -0.2) is 4.79 Å². The molecule has 0 saturated heterocycles. The second-order valence-corrected chi connectivity index (χ2v) is 5.18. The molecule has 0 aliphatic rings. The first-order valence-corrected chi connectivity index (χ1v) is 8.03. The molecule has 0 aromatic heterocycles. The Hall–Kier alpha value is -3.62. The first kappa shape index (κ1) is 19.7. The van der Waals surface area contributed by atoms with Crippen molar-refractivity contribution in [1.29, 1.82) is 0 Å². The Morgan fingerprint density at radius 2 is 1.96 bits per heavy atom. The van der Waals surface area contributed by atoms with Gasteiger partial charge in [-0.05, 0) is 42.8 Å². The molecule has 2 aromatic rings. The summed E-state index contributed by atoms with van der Waals surface area (Å²) < 4.78 is 15.4. The highest BCUT2D eigenvalue weighted by Gasteiger charge is 2.09. The summed E-state index contributed by atoms with van der Waals surface area (Å²) in [5.74, 6) is 0.391. The number of carbonyl (C=O) groups is 1. The number of hydrogen-bond acceptors (Lipinski definition) is 8. The number of carbonyl (C=O) groups excluding carboxylic acids is 1. The molecular weight excluding hydrogens is 354 g/mol. The highest BCUT2D eigenvalue weighted by Crippen LogP contribution is 2.27. The van der Waals surface area contributed by atoms with Crippen molar-refractivity contribution < 1.29 is 23.9 Å². The molecule has 0 radical (unpaired) electrons. The summed E-state index contributed by atoms with van der Waals surface area (Å²) in [6.45, 7) is 1.80. The Labute approximate surface area is 155 Å². The minimum atomic E-state index is -0.467. The number of esters is 1. The molecule has 0 heterocycles. The number of nitro benzene ring substituents is 1. The second kappa shape index (κ2) is 9.76. The van der Waals surface area contributed by atoms with E-state index in [4.69, 9.17) is 14.2 Å². The van der Waals surface area contributed by atoms with E-state index < -0.39 is 10.9 Å². The second-order valence-electron chi connectivity index (χ2n) is 5.18. The molecule has 0 aliphatic heterocycles. The lowest BCUT2D eigenvalue weighted by atomic mass is 10.2. The molecule has 0 spiro atoms. The number of nitrogens with one attached hydrogen (secondary N) is 1. The van der Waals surface area contributed by atoms with E-state index in [1.165, 1.54) is 19.2 Å². The van der Waals surface area contributed by atoms with Crippen LogP contribution >= 0.6 is 0 Å². The van der Waals surface area contributed by atoms with Crippen LogP contribution in [-0.2, 0) is 9.53 Å². The molecule has 0 unspecified atom stereocenters. The van der Waals surface area contributed by atoms with E-state index in [0.29, 0.717) is 17.2 Å². The van der Waals surface area contributed by atoms with Gasteiger partial charge >= 0.3 is 5.97 Å². The number of nitro groups is 1. The van der Waals surface area contributed by atoms with E-state index in [-0.39, 0.29) is 18.9 Å². The quantitative estimate of drug-likeness (QED) is 0.311. The van der Waals surface area contributed by atoms with Crippen molar-refractivity contribution in [3.8, 4) is 11.5 Å². The first-order chi connectivity index (χ1) is 13.0. The van der Waals surface area contributed by atoms with Crippen molar-refractivity contribution in [1.82, 2.24) is 0 Å². The average molecular weight is 373 g/mol. The molecule has 0 bridgehead atoms. The van der Waals surface area contributed by atoms with Crippen molar-refractivity contribution >= 4 is 23.6 Å². The van der Waals surface area contributed by atoms with Crippen LogP contribution in [0.5, 0.6) is 11.5 Å². The molecule has 0 saturated carbocycles. The predicted molar refractivity (Wildman–Crippen MR) is 99.4 cm³/mol. The lowest BCUT2D eigenvalue weighted by Gasteiger charge is -2.10. The summed E-state index contributed by atoms with van der Waals surface area (Å²) >= 11 is 0. The smallest absolute Gasteiger partial charge is 0.344 e. The number of rotatable bonds is 9. The maximum absolute atomic E-state index is 11.4. The number of hydrogen-bond donors (Lipinski definition) is 1. The van der Waals surface area contributed by atoms with Crippen LogP contribution in [0.1, 0.15) is 12.5 Å². The van der Waals surface area contributed by atoms with Crippen molar-refractivity contribution in [2.75, 3.05) is 25.7 Å². The zero-order valence-corrected chi connectivity index (χ0v) is 14.9. The predicted octanol–water partition coefficient (Wildman–Crippen LogP) is 2.99. The van der Waals surface area contributed by atoms with Crippen LogP contribution in [0.3, 0.4) is 0 Å². The monoisotopic (exact) mass is 373 g/mol. The average Bonchev–Trinajstić information content (AvgIpc) is 2.67. The SMILES string of the molecule is CCOC(=O)COc1ccc(/C=N\Nc2ccc([N+](=O)[O-])cc2)cc1OC. The molecule has 0 fully saturated rings. The molecule has 0 aliphatic carbocycles. The number of benzene rings is 2. The molecular formula is C18H19N3O6. The fourth-order valence-corrected chi connectivity index (χ4v) is 2.06. The summed E-state index contributed by atoms with van der Waals surface area (Å²) in [5, 5.41) is 14.7. The van der Waals surface area contributed by atoms with Gasteiger partial charge in [-0.3, -0.25) is 15.5 Å². The van der Waals surface area contributed by atoms with Gasteiger partial charge in [0.15, 0.2) is 18.1 Å². The zero-order chi connectivity index (χ0) is 19.6. The Balaban J connectivity index is 1.98. The summed E-state index contributed by atoms with van der Waals surface area (Å²) in [6, 6.07) is 11.0. The molecule has 9 heteroatoms. The van der Waals surface area contributed by atoms with Gasteiger partial charge in [0, 0.05) is 12.1 Å². The van der Waals surface area contributed by atoms with E-state index in [0.717, 1.165) is 5.56 Å². The summed E-state index contributed by atoms with van der Waals surface area (Å²) in [4.78, 5) is 21.5. The van der Waals surface area contributed by atoms with E-state index in [2.05, 4.69) is 10.5 Å².